The van der Waals surface area contributed by atoms with Crippen molar-refractivity contribution in [3.05, 3.63) is 93.5 Å². The summed E-state index contributed by atoms with van der Waals surface area (Å²) in [7, 11) is 1.59. The monoisotopic (exact) mass is 610 g/mol. The molecule has 1 saturated heterocycles. The van der Waals surface area contributed by atoms with Gasteiger partial charge in [0.15, 0.2) is 0 Å². The second-order valence-corrected chi connectivity index (χ2v) is 11.2. The lowest BCUT2D eigenvalue weighted by Crippen LogP contribution is -2.53. The smallest absolute Gasteiger partial charge is 0.323 e. The van der Waals surface area contributed by atoms with Crippen LogP contribution in [0.3, 0.4) is 0 Å². The summed E-state index contributed by atoms with van der Waals surface area (Å²) in [6, 6.07) is 19.9. The minimum atomic E-state index is -0.373. The van der Waals surface area contributed by atoms with Crippen molar-refractivity contribution in [1.29, 1.82) is 0 Å². The highest BCUT2D eigenvalue weighted by Gasteiger charge is 2.25. The van der Waals surface area contributed by atoms with Gasteiger partial charge in [-0.15, -0.1) is 0 Å². The number of ether oxygens (including phenoxy) is 2. The maximum Gasteiger partial charge on any atom is 0.323 e. The second kappa shape index (κ2) is 14.4. The highest BCUT2D eigenvalue weighted by molar-refractivity contribution is 6.30. The van der Waals surface area contributed by atoms with E-state index < -0.39 is 0 Å². The largest absolute Gasteiger partial charge is 0.497 e. The molecule has 1 aliphatic heterocycles. The fraction of sp³-hybridized carbons (Fsp3) is 0.344. The van der Waals surface area contributed by atoms with Gasteiger partial charge in [-0.3, -0.25) is 15.1 Å². The number of urea groups is 1. The first-order valence-electron chi connectivity index (χ1n) is 13.9. The number of aliphatic imine (C=N–C) groups is 1. The maximum atomic E-state index is 13.6. The molecule has 0 bridgehead atoms. The van der Waals surface area contributed by atoms with Gasteiger partial charge in [-0.05, 0) is 67.8 Å². The van der Waals surface area contributed by atoms with Gasteiger partial charge in [-0.25, -0.2) is 4.79 Å². The molecule has 1 unspecified atom stereocenters. The third-order valence-electron chi connectivity index (χ3n) is 6.93. The topological polar surface area (TPSA) is 83.5 Å². The number of amides is 3. The van der Waals surface area contributed by atoms with Crippen LogP contribution in [0.15, 0.2) is 71.7 Å². The molecule has 1 atom stereocenters. The van der Waals surface area contributed by atoms with Crippen molar-refractivity contribution in [1.82, 2.24) is 15.1 Å². The van der Waals surface area contributed by atoms with E-state index in [9.17, 15) is 9.59 Å². The fourth-order valence-corrected chi connectivity index (χ4v) is 4.93. The van der Waals surface area contributed by atoms with Crippen molar-refractivity contribution < 1.29 is 19.1 Å². The number of nitrogens with one attached hydrogen (secondary N) is 1. The number of carbonyl (C=O) groups excluding carboxylic acids is 2. The van der Waals surface area contributed by atoms with Crippen LogP contribution in [-0.4, -0.2) is 67.0 Å². The Hall–Kier alpha value is -3.75. The number of methoxy groups -OCH3 is 1. The number of nitrogens with zero attached hydrogens (tertiary/aromatic N) is 3. The van der Waals surface area contributed by atoms with Crippen LogP contribution in [0.25, 0.3) is 0 Å². The number of piperazine rings is 1. The Balaban J connectivity index is 1.77. The Morgan fingerprint density at radius 1 is 0.905 bits per heavy atom. The van der Waals surface area contributed by atoms with Crippen LogP contribution in [0, 0.1) is 0 Å². The lowest BCUT2D eigenvalue weighted by atomic mass is 9.99. The van der Waals surface area contributed by atoms with Crippen molar-refractivity contribution in [2.24, 2.45) is 4.99 Å². The first kappa shape index (κ1) is 31.2. The van der Waals surface area contributed by atoms with Crippen molar-refractivity contribution in [2.45, 2.75) is 39.3 Å². The van der Waals surface area contributed by atoms with E-state index in [1.165, 1.54) is 6.92 Å². The average molecular weight is 612 g/mol. The fourth-order valence-electron chi connectivity index (χ4n) is 4.67. The quantitative estimate of drug-likeness (QED) is 0.236. The second-order valence-electron chi connectivity index (χ2n) is 10.3. The van der Waals surface area contributed by atoms with E-state index in [2.05, 4.69) is 5.32 Å². The SMILES string of the molecule is COc1ccc(C(=NC(Cc2ccc(Cl)cc2)c2ccc(Cl)cc2)NC(=O)N2CCN(C(C)=O)CC2)c(OC(C)C)c1. The molecule has 8 nitrogen and oxygen atoms in total. The van der Waals surface area contributed by atoms with Gasteiger partial charge in [0.25, 0.3) is 0 Å². The van der Waals surface area contributed by atoms with E-state index in [0.717, 1.165) is 11.1 Å². The molecule has 4 rings (SSSR count). The van der Waals surface area contributed by atoms with Crippen LogP contribution in [0.1, 0.15) is 43.5 Å². The number of benzene rings is 3. The number of rotatable bonds is 8. The molecule has 0 spiro atoms. The van der Waals surface area contributed by atoms with Gasteiger partial charge in [0.1, 0.15) is 17.3 Å². The molecule has 0 radical (unpaired) electrons. The average Bonchev–Trinajstić information content (AvgIpc) is 2.97. The molecule has 0 saturated carbocycles. The molecule has 222 valence electrons. The van der Waals surface area contributed by atoms with E-state index >= 15 is 0 Å². The standard InChI is InChI=1S/C32H36Cl2N4O4/c1-21(2)42-30-20-27(41-4)13-14-28(30)31(36-32(40)38-17-15-37(16-18-38)22(3)39)35-29(24-7-11-26(34)12-8-24)19-23-5-9-25(33)10-6-23/h5-14,20-21,29H,15-19H2,1-4H3,(H,35,36,40). The Kier molecular flexibility index (Phi) is 10.7. The summed E-state index contributed by atoms with van der Waals surface area (Å²) in [4.78, 5) is 34.0. The number of amidine groups is 1. The molecule has 3 aromatic carbocycles. The predicted octanol–water partition coefficient (Wildman–Crippen LogP) is 6.39. The van der Waals surface area contributed by atoms with Gasteiger partial charge in [0.05, 0.1) is 24.8 Å². The Morgan fingerprint density at radius 3 is 2.07 bits per heavy atom. The third kappa shape index (κ3) is 8.39. The molecule has 1 fully saturated rings. The zero-order chi connectivity index (χ0) is 30.2. The maximum absolute atomic E-state index is 13.6. The summed E-state index contributed by atoms with van der Waals surface area (Å²) in [5.74, 6) is 1.52. The summed E-state index contributed by atoms with van der Waals surface area (Å²) in [6.07, 6.45) is 0.417. The van der Waals surface area contributed by atoms with E-state index in [1.54, 1.807) is 23.0 Å². The van der Waals surface area contributed by atoms with Gasteiger partial charge >= 0.3 is 6.03 Å². The number of hydrogen-bond acceptors (Lipinski definition) is 5. The van der Waals surface area contributed by atoms with E-state index in [-0.39, 0.29) is 24.1 Å². The zero-order valence-corrected chi connectivity index (χ0v) is 25.8. The third-order valence-corrected chi connectivity index (χ3v) is 7.43. The number of halogens is 2. The molecular formula is C32H36Cl2N4O4. The number of carbonyl (C=O) groups is 2. The van der Waals surface area contributed by atoms with Crippen LogP contribution in [0.2, 0.25) is 10.0 Å². The Bertz CT molecular complexity index is 1400. The van der Waals surface area contributed by atoms with Gasteiger partial charge in [0.2, 0.25) is 5.91 Å². The normalized spacial score (nSPS) is 14.5. The summed E-state index contributed by atoms with van der Waals surface area (Å²) in [6.45, 7) is 7.20. The first-order chi connectivity index (χ1) is 20.1. The highest BCUT2D eigenvalue weighted by atomic mass is 35.5. The zero-order valence-electron chi connectivity index (χ0n) is 24.3. The van der Waals surface area contributed by atoms with Crippen LogP contribution in [0.5, 0.6) is 11.5 Å². The number of hydrogen-bond donors (Lipinski definition) is 1. The van der Waals surface area contributed by atoms with Crippen molar-refractivity contribution in [3.8, 4) is 11.5 Å². The predicted molar refractivity (Wildman–Crippen MR) is 167 cm³/mol. The van der Waals surface area contributed by atoms with Gasteiger partial charge < -0.3 is 19.3 Å². The molecule has 0 aromatic heterocycles. The molecule has 42 heavy (non-hydrogen) atoms. The molecule has 1 N–H and O–H groups in total. The summed E-state index contributed by atoms with van der Waals surface area (Å²) < 4.78 is 11.6. The molecule has 10 heteroatoms. The summed E-state index contributed by atoms with van der Waals surface area (Å²) in [5.41, 5.74) is 2.58. The van der Waals surface area contributed by atoms with Gasteiger partial charge in [0, 0.05) is 49.2 Å². The van der Waals surface area contributed by atoms with E-state index in [1.807, 2.05) is 74.5 Å². The van der Waals surface area contributed by atoms with Gasteiger partial charge in [-0.2, -0.15) is 0 Å². The lowest BCUT2D eigenvalue weighted by molar-refractivity contribution is -0.130. The van der Waals surface area contributed by atoms with Crippen LogP contribution in [0.4, 0.5) is 4.79 Å². The first-order valence-corrected chi connectivity index (χ1v) is 14.6. The molecule has 1 heterocycles. The van der Waals surface area contributed by atoms with E-state index in [4.69, 9.17) is 37.7 Å². The van der Waals surface area contributed by atoms with E-state index in [0.29, 0.717) is 65.5 Å². The van der Waals surface area contributed by atoms with Crippen molar-refractivity contribution >= 4 is 41.0 Å². The molecule has 0 aliphatic carbocycles. The van der Waals surface area contributed by atoms with Crippen LogP contribution in [-0.2, 0) is 11.2 Å². The molecule has 3 aromatic rings. The summed E-state index contributed by atoms with van der Waals surface area (Å²) in [5, 5.41) is 4.34. The highest BCUT2D eigenvalue weighted by Crippen LogP contribution is 2.30. The minimum Gasteiger partial charge on any atom is -0.497 e. The minimum absolute atomic E-state index is 0.000903. The van der Waals surface area contributed by atoms with Crippen LogP contribution < -0.4 is 14.8 Å². The molecule has 1 aliphatic rings. The van der Waals surface area contributed by atoms with Gasteiger partial charge in [-0.1, -0.05) is 47.5 Å². The molecule has 3 amide bonds. The summed E-state index contributed by atoms with van der Waals surface area (Å²) >= 11 is 12.4. The molecular weight excluding hydrogens is 575 g/mol. The van der Waals surface area contributed by atoms with Crippen molar-refractivity contribution in [3.63, 3.8) is 0 Å². The van der Waals surface area contributed by atoms with Crippen LogP contribution >= 0.6 is 23.2 Å². The lowest BCUT2D eigenvalue weighted by Gasteiger charge is -2.34. The van der Waals surface area contributed by atoms with Crippen molar-refractivity contribution in [2.75, 3.05) is 33.3 Å². The Labute approximate surface area is 257 Å². The Morgan fingerprint density at radius 2 is 1.50 bits per heavy atom.